The number of hydrogen-bond donors (Lipinski definition) is 1. The Morgan fingerprint density at radius 2 is 1.72 bits per heavy atom. The van der Waals surface area contributed by atoms with E-state index in [0.29, 0.717) is 6.54 Å². The molecule has 0 spiro atoms. The summed E-state index contributed by atoms with van der Waals surface area (Å²) in [6.07, 6.45) is 3.04. The molecule has 3 aromatic carbocycles. The summed E-state index contributed by atoms with van der Waals surface area (Å²) in [4.78, 5) is 22.1. The molecule has 124 valence electrons. The van der Waals surface area contributed by atoms with Gasteiger partial charge in [-0.25, -0.2) is 0 Å². The molecular formula is C20H16N2O3. The molecule has 0 aliphatic rings. The Morgan fingerprint density at radius 3 is 2.44 bits per heavy atom. The lowest BCUT2D eigenvalue weighted by Gasteiger charge is -2.04. The minimum atomic E-state index is -0.455. The Morgan fingerprint density at radius 1 is 1.00 bits per heavy atom. The van der Waals surface area contributed by atoms with Crippen LogP contribution in [0.25, 0.3) is 16.8 Å². The number of carbonyl (C=O) groups is 1. The molecule has 5 nitrogen and oxygen atoms in total. The molecule has 0 unspecified atom stereocenters. The van der Waals surface area contributed by atoms with Crippen molar-refractivity contribution in [3.63, 3.8) is 0 Å². The van der Waals surface area contributed by atoms with Crippen molar-refractivity contribution in [2.45, 2.75) is 6.54 Å². The lowest BCUT2D eigenvalue weighted by molar-refractivity contribution is -0.384. The Balaban J connectivity index is 1.58. The first kappa shape index (κ1) is 16.4. The van der Waals surface area contributed by atoms with Crippen molar-refractivity contribution in [2.75, 3.05) is 0 Å². The number of benzene rings is 3. The van der Waals surface area contributed by atoms with E-state index in [9.17, 15) is 14.9 Å². The number of rotatable bonds is 5. The van der Waals surface area contributed by atoms with Crippen LogP contribution in [-0.2, 0) is 11.3 Å². The summed E-state index contributed by atoms with van der Waals surface area (Å²) in [6.45, 7) is 0.439. The number of nitrogens with zero attached hydrogens (tertiary/aromatic N) is 1. The van der Waals surface area contributed by atoms with E-state index in [-0.39, 0.29) is 11.6 Å². The summed E-state index contributed by atoms with van der Waals surface area (Å²) >= 11 is 0. The van der Waals surface area contributed by atoms with Crippen molar-refractivity contribution < 1.29 is 9.72 Å². The van der Waals surface area contributed by atoms with E-state index >= 15 is 0 Å². The van der Waals surface area contributed by atoms with Gasteiger partial charge in [0.05, 0.1) is 4.92 Å². The zero-order valence-electron chi connectivity index (χ0n) is 13.4. The second kappa shape index (κ2) is 7.40. The minimum absolute atomic E-state index is 0.0258. The Bertz CT molecular complexity index is 947. The largest absolute Gasteiger partial charge is 0.348 e. The van der Waals surface area contributed by atoms with Gasteiger partial charge in [-0.15, -0.1) is 0 Å². The van der Waals surface area contributed by atoms with E-state index in [4.69, 9.17) is 0 Å². The number of fused-ring (bicyclic) bond motifs is 1. The third kappa shape index (κ3) is 4.29. The fraction of sp³-hybridized carbons (Fsp3) is 0.0500. The highest BCUT2D eigenvalue weighted by molar-refractivity contribution is 5.91. The van der Waals surface area contributed by atoms with Crippen molar-refractivity contribution >= 4 is 28.4 Å². The van der Waals surface area contributed by atoms with E-state index in [1.807, 2.05) is 36.4 Å². The van der Waals surface area contributed by atoms with E-state index in [1.54, 1.807) is 18.2 Å². The highest BCUT2D eigenvalue weighted by Gasteiger charge is 2.03. The van der Waals surface area contributed by atoms with Crippen molar-refractivity contribution in [3.8, 4) is 0 Å². The maximum Gasteiger partial charge on any atom is 0.269 e. The fourth-order valence-electron chi connectivity index (χ4n) is 2.48. The molecule has 0 radical (unpaired) electrons. The van der Waals surface area contributed by atoms with Crippen molar-refractivity contribution in [1.29, 1.82) is 0 Å². The molecule has 3 aromatic rings. The van der Waals surface area contributed by atoms with Crippen LogP contribution in [0, 0.1) is 10.1 Å². The molecule has 0 heterocycles. The first-order valence-corrected chi connectivity index (χ1v) is 7.80. The SMILES string of the molecule is O=C(/C=C/c1ccc([N+](=O)[O-])cc1)NCc1ccc2ccccc2c1. The monoisotopic (exact) mass is 332 g/mol. The summed E-state index contributed by atoms with van der Waals surface area (Å²) in [7, 11) is 0. The van der Waals surface area contributed by atoms with Gasteiger partial charge in [-0.2, -0.15) is 0 Å². The molecule has 0 fully saturated rings. The second-order valence-corrected chi connectivity index (χ2v) is 5.58. The minimum Gasteiger partial charge on any atom is -0.348 e. The van der Waals surface area contributed by atoms with Gasteiger partial charge in [0, 0.05) is 24.8 Å². The number of nitro benzene ring substituents is 1. The van der Waals surface area contributed by atoms with Crippen LogP contribution in [0.3, 0.4) is 0 Å². The van der Waals surface area contributed by atoms with Crippen LogP contribution in [0.5, 0.6) is 0 Å². The number of nitrogens with one attached hydrogen (secondary N) is 1. The average molecular weight is 332 g/mol. The molecule has 1 amide bonds. The molecule has 0 saturated carbocycles. The third-order valence-corrected chi connectivity index (χ3v) is 3.81. The van der Waals surface area contributed by atoms with Crippen LogP contribution in [0.2, 0.25) is 0 Å². The van der Waals surface area contributed by atoms with Crippen LogP contribution in [0.4, 0.5) is 5.69 Å². The van der Waals surface area contributed by atoms with Gasteiger partial charge in [-0.1, -0.05) is 36.4 Å². The Labute approximate surface area is 144 Å². The van der Waals surface area contributed by atoms with Gasteiger partial charge in [0.1, 0.15) is 0 Å². The lowest BCUT2D eigenvalue weighted by Crippen LogP contribution is -2.20. The van der Waals surface area contributed by atoms with Crippen molar-refractivity contribution in [1.82, 2.24) is 5.32 Å². The van der Waals surface area contributed by atoms with Crippen LogP contribution in [0.1, 0.15) is 11.1 Å². The van der Waals surface area contributed by atoms with Gasteiger partial charge in [0.15, 0.2) is 0 Å². The number of non-ortho nitro benzene ring substituents is 1. The molecule has 0 aliphatic carbocycles. The van der Waals surface area contributed by atoms with Gasteiger partial charge < -0.3 is 5.32 Å². The third-order valence-electron chi connectivity index (χ3n) is 3.81. The van der Waals surface area contributed by atoms with Gasteiger partial charge in [0.25, 0.3) is 5.69 Å². The van der Waals surface area contributed by atoms with Crippen molar-refractivity contribution in [2.24, 2.45) is 0 Å². The first-order chi connectivity index (χ1) is 12.1. The molecule has 5 heteroatoms. The maximum absolute atomic E-state index is 11.9. The molecule has 0 saturated heterocycles. The fourth-order valence-corrected chi connectivity index (χ4v) is 2.48. The molecule has 25 heavy (non-hydrogen) atoms. The number of carbonyl (C=O) groups excluding carboxylic acids is 1. The van der Waals surface area contributed by atoms with Crippen LogP contribution in [-0.4, -0.2) is 10.8 Å². The summed E-state index contributed by atoms with van der Waals surface area (Å²) in [6, 6.07) is 20.2. The maximum atomic E-state index is 11.9. The highest BCUT2D eigenvalue weighted by atomic mass is 16.6. The molecule has 3 rings (SSSR count). The van der Waals surface area contributed by atoms with Crippen LogP contribution in [0.15, 0.2) is 72.8 Å². The predicted octanol–water partition coefficient (Wildman–Crippen LogP) is 4.08. The number of amides is 1. The normalized spacial score (nSPS) is 10.9. The van der Waals surface area contributed by atoms with E-state index in [1.165, 1.54) is 18.2 Å². The summed E-state index contributed by atoms with van der Waals surface area (Å²) in [5.41, 5.74) is 1.78. The molecular weight excluding hydrogens is 316 g/mol. The van der Waals surface area contributed by atoms with E-state index < -0.39 is 4.92 Å². The smallest absolute Gasteiger partial charge is 0.269 e. The number of nitro groups is 1. The quantitative estimate of drug-likeness (QED) is 0.435. The van der Waals surface area contributed by atoms with Gasteiger partial charge in [0.2, 0.25) is 5.91 Å². The van der Waals surface area contributed by atoms with Crippen molar-refractivity contribution in [3.05, 3.63) is 94.0 Å². The molecule has 0 bridgehead atoms. The second-order valence-electron chi connectivity index (χ2n) is 5.58. The summed E-state index contributed by atoms with van der Waals surface area (Å²) in [5, 5.41) is 15.7. The summed E-state index contributed by atoms with van der Waals surface area (Å²) in [5.74, 6) is -0.216. The molecule has 0 aromatic heterocycles. The van der Waals surface area contributed by atoms with Gasteiger partial charge in [-0.05, 0) is 46.2 Å². The van der Waals surface area contributed by atoms with Gasteiger partial charge >= 0.3 is 0 Å². The molecule has 0 aliphatic heterocycles. The topological polar surface area (TPSA) is 72.2 Å². The zero-order valence-corrected chi connectivity index (χ0v) is 13.4. The van der Waals surface area contributed by atoms with Crippen LogP contribution < -0.4 is 5.32 Å². The van der Waals surface area contributed by atoms with Gasteiger partial charge in [-0.3, -0.25) is 14.9 Å². The first-order valence-electron chi connectivity index (χ1n) is 7.80. The summed E-state index contributed by atoms with van der Waals surface area (Å²) < 4.78 is 0. The van der Waals surface area contributed by atoms with E-state index in [2.05, 4.69) is 11.4 Å². The standard InChI is InChI=1S/C20H16N2O3/c23-20(12-8-15-6-10-19(11-7-15)22(24)25)21-14-16-5-9-17-3-1-2-4-18(17)13-16/h1-13H,14H2,(H,21,23)/b12-8+. The number of hydrogen-bond acceptors (Lipinski definition) is 3. The molecule has 0 atom stereocenters. The highest BCUT2D eigenvalue weighted by Crippen LogP contribution is 2.15. The lowest BCUT2D eigenvalue weighted by atomic mass is 10.1. The zero-order chi connectivity index (χ0) is 17.6. The van der Waals surface area contributed by atoms with E-state index in [0.717, 1.165) is 21.9 Å². The molecule has 1 N–H and O–H groups in total. The Hall–Kier alpha value is -3.47. The Kier molecular flexibility index (Phi) is 4.85. The predicted molar refractivity (Wildman–Crippen MR) is 97.9 cm³/mol. The van der Waals surface area contributed by atoms with Crippen LogP contribution >= 0.6 is 0 Å². The average Bonchev–Trinajstić information content (AvgIpc) is 2.65.